The Morgan fingerprint density at radius 2 is 1.76 bits per heavy atom. The number of esters is 3. The van der Waals surface area contributed by atoms with Crippen LogP contribution in [0.2, 0.25) is 0 Å². The molecule has 0 aliphatic heterocycles. The maximum atomic E-state index is 13.1. The average Bonchev–Trinajstić information content (AvgIpc) is 3.27. The summed E-state index contributed by atoms with van der Waals surface area (Å²) in [6.07, 6.45) is 4.96. The van der Waals surface area contributed by atoms with Crippen molar-refractivity contribution in [1.82, 2.24) is 0 Å². The van der Waals surface area contributed by atoms with Crippen molar-refractivity contribution in [3.63, 3.8) is 0 Å². The number of hydrogen-bond acceptors (Lipinski definition) is 7. The Balaban J connectivity index is 1.47. The Bertz CT molecular complexity index is 1380. The molecule has 5 atom stereocenters. The minimum absolute atomic E-state index is 0.203. The summed E-state index contributed by atoms with van der Waals surface area (Å²) in [7, 11) is 3.05. The van der Waals surface area contributed by atoms with Gasteiger partial charge in [-0.05, 0) is 117 Å². The molecular weight excluding hydrogens is 520 g/mol. The number of benzene rings is 2. The fourth-order valence-electron chi connectivity index (χ4n) is 7.62. The van der Waals surface area contributed by atoms with Crippen LogP contribution < -0.4 is 4.74 Å². The first-order valence-electron chi connectivity index (χ1n) is 14.5. The number of ether oxygens (including phenoxy) is 4. The molecule has 0 saturated heterocycles. The molecule has 3 aliphatic rings. The quantitative estimate of drug-likeness (QED) is 0.197. The molecule has 7 heteroatoms. The maximum absolute atomic E-state index is 13.1. The van der Waals surface area contributed by atoms with Crippen LogP contribution in [0.1, 0.15) is 85.3 Å². The minimum atomic E-state index is -1.03. The molecule has 5 rings (SSSR count). The second-order valence-electron chi connectivity index (χ2n) is 11.6. The first-order valence-corrected chi connectivity index (χ1v) is 14.5. The van der Waals surface area contributed by atoms with E-state index in [1.54, 1.807) is 38.3 Å². The zero-order chi connectivity index (χ0) is 29.2. The van der Waals surface area contributed by atoms with Crippen LogP contribution in [0.5, 0.6) is 5.75 Å². The topological polar surface area (TPSA) is 88.1 Å². The SMILES string of the molecule is CCOC(=O)CC(=O)OC1(C#Cc2ccc(C(=O)OC)cc2)CC[C@H]2[C@@H]3CCc4cc(OC)ccc4[C@H]3CC[C@@]21C. The van der Waals surface area contributed by atoms with Gasteiger partial charge in [-0.15, -0.1) is 0 Å². The van der Waals surface area contributed by atoms with Crippen molar-refractivity contribution in [3.05, 3.63) is 64.7 Å². The van der Waals surface area contributed by atoms with Crippen LogP contribution in [0.3, 0.4) is 0 Å². The van der Waals surface area contributed by atoms with Crippen LogP contribution in [0.15, 0.2) is 42.5 Å². The van der Waals surface area contributed by atoms with Crippen molar-refractivity contribution < 1.29 is 33.3 Å². The van der Waals surface area contributed by atoms with Gasteiger partial charge in [0.25, 0.3) is 0 Å². The molecule has 0 aromatic heterocycles. The van der Waals surface area contributed by atoms with E-state index in [0.29, 0.717) is 35.3 Å². The van der Waals surface area contributed by atoms with E-state index < -0.39 is 29.9 Å². The summed E-state index contributed by atoms with van der Waals surface area (Å²) in [5, 5.41) is 0. The Morgan fingerprint density at radius 1 is 0.976 bits per heavy atom. The maximum Gasteiger partial charge on any atom is 0.337 e. The number of hydrogen-bond donors (Lipinski definition) is 0. The number of carbonyl (C=O) groups excluding carboxylic acids is 3. The molecular formula is C34H38O7. The summed E-state index contributed by atoms with van der Waals surface area (Å²) in [6, 6.07) is 13.3. The molecule has 0 N–H and O–H groups in total. The van der Waals surface area contributed by atoms with Gasteiger partial charge in [-0.3, -0.25) is 9.59 Å². The van der Waals surface area contributed by atoms with Gasteiger partial charge in [0.05, 0.1) is 26.4 Å². The van der Waals surface area contributed by atoms with Crippen LogP contribution in [-0.4, -0.2) is 44.3 Å². The Kier molecular flexibility index (Phi) is 8.13. The number of carbonyl (C=O) groups is 3. The second kappa shape index (κ2) is 11.6. The highest BCUT2D eigenvalue weighted by atomic mass is 16.6. The highest BCUT2D eigenvalue weighted by Crippen LogP contribution is 2.65. The van der Waals surface area contributed by atoms with Crippen molar-refractivity contribution in [1.29, 1.82) is 0 Å². The first kappa shape index (κ1) is 28.7. The molecule has 0 heterocycles. The van der Waals surface area contributed by atoms with Gasteiger partial charge in [-0.1, -0.05) is 18.9 Å². The molecule has 41 heavy (non-hydrogen) atoms. The van der Waals surface area contributed by atoms with Crippen LogP contribution in [0, 0.1) is 29.1 Å². The zero-order valence-corrected chi connectivity index (χ0v) is 24.3. The summed E-state index contributed by atoms with van der Waals surface area (Å²) in [6.45, 7) is 4.13. The standard InChI is InChI=1S/C34H38O7/c1-5-40-30(35)21-31(36)41-34(18-14-22-6-8-23(9-7-22)32(37)39-4)19-16-29-28-12-10-24-20-25(38-3)11-13-26(24)27(28)15-17-33(29,34)2/h6-9,11,13,20,27-29H,5,10,12,15-17,19,21H2,1-4H3/t27-,28-,29+,33+,34?/m1/s1. The fourth-order valence-corrected chi connectivity index (χ4v) is 7.62. The number of fused-ring (bicyclic) bond motifs is 5. The molecule has 0 spiro atoms. The van der Waals surface area contributed by atoms with Gasteiger partial charge < -0.3 is 18.9 Å². The number of rotatable bonds is 6. The van der Waals surface area contributed by atoms with Gasteiger partial charge in [0.2, 0.25) is 0 Å². The Hall–Kier alpha value is -3.79. The van der Waals surface area contributed by atoms with E-state index in [9.17, 15) is 14.4 Å². The molecule has 0 radical (unpaired) electrons. The van der Waals surface area contributed by atoms with Crippen LogP contribution in [0.25, 0.3) is 0 Å². The van der Waals surface area contributed by atoms with Gasteiger partial charge in [-0.25, -0.2) is 4.79 Å². The van der Waals surface area contributed by atoms with Crippen molar-refractivity contribution in [2.45, 2.75) is 70.3 Å². The summed E-state index contributed by atoms with van der Waals surface area (Å²) in [5.41, 5.74) is 2.52. The predicted molar refractivity (Wildman–Crippen MR) is 152 cm³/mol. The van der Waals surface area contributed by atoms with Gasteiger partial charge in [0.1, 0.15) is 12.2 Å². The third-order valence-corrected chi connectivity index (χ3v) is 9.65. The van der Waals surface area contributed by atoms with Crippen molar-refractivity contribution in [3.8, 4) is 17.6 Å². The normalized spacial score (nSPS) is 27.7. The van der Waals surface area contributed by atoms with Gasteiger partial charge in [0.15, 0.2) is 5.60 Å². The molecule has 2 aromatic rings. The lowest BCUT2D eigenvalue weighted by molar-refractivity contribution is -0.172. The third-order valence-electron chi connectivity index (χ3n) is 9.65. The summed E-state index contributed by atoms with van der Waals surface area (Å²) < 4.78 is 21.5. The largest absolute Gasteiger partial charge is 0.497 e. The zero-order valence-electron chi connectivity index (χ0n) is 24.3. The third kappa shape index (κ3) is 5.32. The van der Waals surface area contributed by atoms with E-state index in [2.05, 4.69) is 37.0 Å². The monoisotopic (exact) mass is 558 g/mol. The molecule has 1 unspecified atom stereocenters. The van der Waals surface area contributed by atoms with Gasteiger partial charge in [-0.2, -0.15) is 0 Å². The highest BCUT2D eigenvalue weighted by Gasteiger charge is 2.64. The van der Waals surface area contributed by atoms with Crippen LogP contribution in [-0.2, 0) is 30.2 Å². The molecule has 7 nitrogen and oxygen atoms in total. The smallest absolute Gasteiger partial charge is 0.337 e. The second-order valence-corrected chi connectivity index (χ2v) is 11.6. The van der Waals surface area contributed by atoms with E-state index in [1.807, 2.05) is 0 Å². The average molecular weight is 559 g/mol. The molecule has 2 saturated carbocycles. The van der Waals surface area contributed by atoms with E-state index >= 15 is 0 Å². The summed E-state index contributed by atoms with van der Waals surface area (Å²) in [5.74, 6) is 7.16. The van der Waals surface area contributed by atoms with Crippen molar-refractivity contribution >= 4 is 17.9 Å². The fraction of sp³-hybridized carbons (Fsp3) is 0.500. The molecule has 0 bridgehead atoms. The van der Waals surface area contributed by atoms with Crippen molar-refractivity contribution in [2.24, 2.45) is 17.3 Å². The van der Waals surface area contributed by atoms with E-state index in [-0.39, 0.29) is 12.0 Å². The van der Waals surface area contributed by atoms with E-state index in [4.69, 9.17) is 18.9 Å². The molecule has 3 aliphatic carbocycles. The molecule has 216 valence electrons. The highest BCUT2D eigenvalue weighted by molar-refractivity contribution is 5.91. The Morgan fingerprint density at radius 3 is 2.46 bits per heavy atom. The lowest BCUT2D eigenvalue weighted by Crippen LogP contribution is -2.52. The number of aryl methyl sites for hydroxylation is 1. The van der Waals surface area contributed by atoms with Gasteiger partial charge in [0, 0.05) is 11.0 Å². The van der Waals surface area contributed by atoms with Crippen molar-refractivity contribution in [2.75, 3.05) is 20.8 Å². The summed E-state index contributed by atoms with van der Waals surface area (Å²) >= 11 is 0. The molecule has 2 aromatic carbocycles. The van der Waals surface area contributed by atoms with E-state index in [1.165, 1.54) is 18.2 Å². The van der Waals surface area contributed by atoms with Crippen LogP contribution >= 0.6 is 0 Å². The lowest BCUT2D eigenvalue weighted by Gasteiger charge is -2.52. The lowest BCUT2D eigenvalue weighted by atomic mass is 9.53. The Labute approximate surface area is 241 Å². The first-order chi connectivity index (χ1) is 19.7. The molecule has 2 fully saturated rings. The van der Waals surface area contributed by atoms with Crippen LogP contribution in [0.4, 0.5) is 0 Å². The predicted octanol–water partition coefficient (Wildman–Crippen LogP) is 5.62. The summed E-state index contributed by atoms with van der Waals surface area (Å²) in [4.78, 5) is 37.1. The number of methoxy groups -OCH3 is 2. The molecule has 0 amide bonds. The van der Waals surface area contributed by atoms with E-state index in [0.717, 1.165) is 37.9 Å². The minimum Gasteiger partial charge on any atom is -0.497 e. The van der Waals surface area contributed by atoms with Gasteiger partial charge >= 0.3 is 17.9 Å².